The first-order valence-corrected chi connectivity index (χ1v) is 6.89. The molecule has 0 aliphatic rings. The number of aromatic carboxylic acids is 1. The molecule has 0 bridgehead atoms. The van der Waals surface area contributed by atoms with Crippen LogP contribution in [0, 0.1) is 13.8 Å². The Morgan fingerprint density at radius 1 is 1.32 bits per heavy atom. The van der Waals surface area contributed by atoms with Crippen LogP contribution in [0.25, 0.3) is 0 Å². The Bertz CT molecular complexity index is 655. The lowest BCUT2D eigenvalue weighted by atomic mass is 10.2. The van der Waals surface area contributed by atoms with Gasteiger partial charge in [-0.2, -0.15) is 0 Å². The minimum absolute atomic E-state index is 0.0434. The molecule has 1 heterocycles. The van der Waals surface area contributed by atoms with Crippen molar-refractivity contribution in [2.75, 3.05) is 5.32 Å². The van der Waals surface area contributed by atoms with Gasteiger partial charge in [-0.05, 0) is 31.5 Å². The number of nitrogens with one attached hydrogen (secondary N) is 1. The SMILES string of the molecule is Cc1cc(Cl)c(Nc2nc(C(=O)O)c(C)s2)cc1Cl. The van der Waals surface area contributed by atoms with E-state index in [1.165, 1.54) is 11.3 Å². The molecule has 2 rings (SSSR count). The molecule has 19 heavy (non-hydrogen) atoms. The molecule has 0 fully saturated rings. The number of hydrogen-bond acceptors (Lipinski definition) is 4. The van der Waals surface area contributed by atoms with Gasteiger partial charge in [0.1, 0.15) is 0 Å². The van der Waals surface area contributed by atoms with Gasteiger partial charge in [0.25, 0.3) is 0 Å². The van der Waals surface area contributed by atoms with Gasteiger partial charge in [0.15, 0.2) is 10.8 Å². The highest BCUT2D eigenvalue weighted by molar-refractivity contribution is 7.15. The van der Waals surface area contributed by atoms with E-state index in [0.29, 0.717) is 25.7 Å². The highest BCUT2D eigenvalue weighted by Crippen LogP contribution is 2.33. The summed E-state index contributed by atoms with van der Waals surface area (Å²) < 4.78 is 0. The quantitative estimate of drug-likeness (QED) is 0.874. The van der Waals surface area contributed by atoms with Gasteiger partial charge < -0.3 is 10.4 Å². The molecule has 1 aromatic heterocycles. The topological polar surface area (TPSA) is 62.2 Å². The molecule has 7 heteroatoms. The number of halogens is 2. The molecule has 2 N–H and O–H groups in total. The van der Waals surface area contributed by atoms with E-state index in [1.54, 1.807) is 19.1 Å². The zero-order valence-corrected chi connectivity index (χ0v) is 12.4. The van der Waals surface area contributed by atoms with E-state index in [9.17, 15) is 4.79 Å². The summed E-state index contributed by atoms with van der Waals surface area (Å²) in [5.74, 6) is -1.05. The van der Waals surface area contributed by atoms with Crippen LogP contribution in [0.15, 0.2) is 12.1 Å². The van der Waals surface area contributed by atoms with Gasteiger partial charge in [0, 0.05) is 9.90 Å². The molecule has 0 unspecified atom stereocenters. The fraction of sp³-hybridized carbons (Fsp3) is 0.167. The fourth-order valence-electron chi connectivity index (χ4n) is 1.51. The highest BCUT2D eigenvalue weighted by Gasteiger charge is 2.15. The van der Waals surface area contributed by atoms with Crippen LogP contribution in [-0.2, 0) is 0 Å². The molecule has 4 nitrogen and oxygen atoms in total. The first kappa shape index (κ1) is 14.1. The van der Waals surface area contributed by atoms with Crippen molar-refractivity contribution < 1.29 is 9.90 Å². The lowest BCUT2D eigenvalue weighted by Crippen LogP contribution is -1.99. The highest BCUT2D eigenvalue weighted by atomic mass is 35.5. The van der Waals surface area contributed by atoms with Crippen molar-refractivity contribution >= 4 is 51.3 Å². The van der Waals surface area contributed by atoms with Crippen LogP contribution in [-0.4, -0.2) is 16.1 Å². The van der Waals surface area contributed by atoms with Crippen molar-refractivity contribution in [3.05, 3.63) is 38.3 Å². The van der Waals surface area contributed by atoms with Crippen molar-refractivity contribution in [3.63, 3.8) is 0 Å². The average molecular weight is 317 g/mol. The number of anilines is 2. The Kier molecular flexibility index (Phi) is 3.99. The summed E-state index contributed by atoms with van der Waals surface area (Å²) in [6.45, 7) is 3.56. The van der Waals surface area contributed by atoms with Crippen molar-refractivity contribution in [3.8, 4) is 0 Å². The third-order valence-electron chi connectivity index (χ3n) is 2.49. The van der Waals surface area contributed by atoms with Crippen LogP contribution in [0.2, 0.25) is 10.0 Å². The number of benzene rings is 1. The van der Waals surface area contributed by atoms with Gasteiger partial charge in [-0.15, -0.1) is 11.3 Å². The maximum atomic E-state index is 10.9. The Morgan fingerprint density at radius 3 is 2.58 bits per heavy atom. The first-order chi connectivity index (χ1) is 8.88. The predicted molar refractivity (Wildman–Crippen MR) is 78.3 cm³/mol. The molecule has 0 atom stereocenters. The molecule has 0 radical (unpaired) electrons. The van der Waals surface area contributed by atoms with Crippen LogP contribution in [0.3, 0.4) is 0 Å². The second-order valence-electron chi connectivity index (χ2n) is 3.94. The van der Waals surface area contributed by atoms with E-state index < -0.39 is 5.97 Å². The molecule has 0 amide bonds. The molecule has 0 aliphatic carbocycles. The van der Waals surface area contributed by atoms with Crippen molar-refractivity contribution in [1.82, 2.24) is 4.98 Å². The number of carbonyl (C=O) groups is 1. The Hall–Kier alpha value is -1.30. The van der Waals surface area contributed by atoms with Gasteiger partial charge in [0.05, 0.1) is 10.7 Å². The van der Waals surface area contributed by atoms with Crippen LogP contribution in [0.1, 0.15) is 20.9 Å². The molecular weight excluding hydrogens is 307 g/mol. The predicted octanol–water partition coefficient (Wildman–Crippen LogP) is 4.51. The minimum Gasteiger partial charge on any atom is -0.476 e. The van der Waals surface area contributed by atoms with Gasteiger partial charge in [-0.3, -0.25) is 0 Å². The summed E-state index contributed by atoms with van der Waals surface area (Å²) in [4.78, 5) is 15.6. The van der Waals surface area contributed by atoms with Gasteiger partial charge in [-0.1, -0.05) is 23.2 Å². The van der Waals surface area contributed by atoms with E-state index in [-0.39, 0.29) is 5.69 Å². The maximum Gasteiger partial charge on any atom is 0.355 e. The second-order valence-corrected chi connectivity index (χ2v) is 5.95. The largest absolute Gasteiger partial charge is 0.476 e. The molecule has 0 saturated carbocycles. The van der Waals surface area contributed by atoms with Crippen LogP contribution in [0.4, 0.5) is 10.8 Å². The van der Waals surface area contributed by atoms with Crippen molar-refractivity contribution in [1.29, 1.82) is 0 Å². The number of carboxylic acid groups (broad SMARTS) is 1. The molecule has 100 valence electrons. The zero-order chi connectivity index (χ0) is 14.2. The number of nitrogens with zero attached hydrogens (tertiary/aromatic N) is 1. The maximum absolute atomic E-state index is 10.9. The summed E-state index contributed by atoms with van der Waals surface area (Å²) >= 11 is 13.4. The number of aryl methyl sites for hydroxylation is 2. The van der Waals surface area contributed by atoms with E-state index in [0.717, 1.165) is 5.56 Å². The molecule has 0 spiro atoms. The van der Waals surface area contributed by atoms with Crippen molar-refractivity contribution in [2.45, 2.75) is 13.8 Å². The second kappa shape index (κ2) is 5.36. The number of rotatable bonds is 3. The summed E-state index contributed by atoms with van der Waals surface area (Å²) in [5.41, 5.74) is 1.52. The van der Waals surface area contributed by atoms with E-state index in [1.807, 2.05) is 6.92 Å². The normalized spacial score (nSPS) is 10.5. The number of thiazole rings is 1. The Balaban J connectivity index is 2.34. The van der Waals surface area contributed by atoms with E-state index in [2.05, 4.69) is 10.3 Å². The zero-order valence-electron chi connectivity index (χ0n) is 10.1. The minimum atomic E-state index is -1.05. The summed E-state index contributed by atoms with van der Waals surface area (Å²) in [6, 6.07) is 3.43. The lowest BCUT2D eigenvalue weighted by molar-refractivity contribution is 0.0690. The number of aromatic nitrogens is 1. The molecular formula is C12H10Cl2N2O2S. The number of hydrogen-bond donors (Lipinski definition) is 2. The summed E-state index contributed by atoms with van der Waals surface area (Å²) in [6.07, 6.45) is 0. The fourth-order valence-corrected chi connectivity index (χ4v) is 2.75. The first-order valence-electron chi connectivity index (χ1n) is 5.32. The molecule has 0 saturated heterocycles. The molecule has 2 aromatic rings. The number of carboxylic acids is 1. The van der Waals surface area contributed by atoms with E-state index in [4.69, 9.17) is 28.3 Å². The van der Waals surface area contributed by atoms with Gasteiger partial charge in [-0.25, -0.2) is 9.78 Å². The average Bonchev–Trinajstić information content (AvgIpc) is 2.67. The monoisotopic (exact) mass is 316 g/mol. The Labute approximate surface area is 124 Å². The van der Waals surface area contributed by atoms with Crippen LogP contribution < -0.4 is 5.32 Å². The third-order valence-corrected chi connectivity index (χ3v) is 4.10. The Morgan fingerprint density at radius 2 is 2.00 bits per heavy atom. The van der Waals surface area contributed by atoms with Crippen molar-refractivity contribution in [2.24, 2.45) is 0 Å². The third kappa shape index (κ3) is 3.00. The summed E-state index contributed by atoms with van der Waals surface area (Å²) in [7, 11) is 0. The summed E-state index contributed by atoms with van der Waals surface area (Å²) in [5, 5.41) is 13.5. The molecule has 1 aromatic carbocycles. The standard InChI is InChI=1S/C12H10Cl2N2O2S/c1-5-3-8(14)9(4-7(5)13)15-12-16-10(11(17)18)6(2)19-12/h3-4H,1-2H3,(H,15,16)(H,17,18). The molecule has 0 aliphatic heterocycles. The van der Waals surface area contributed by atoms with Gasteiger partial charge >= 0.3 is 5.97 Å². The lowest BCUT2D eigenvalue weighted by Gasteiger charge is -2.07. The van der Waals surface area contributed by atoms with E-state index >= 15 is 0 Å². The van der Waals surface area contributed by atoms with Crippen LogP contribution >= 0.6 is 34.5 Å². The van der Waals surface area contributed by atoms with Crippen LogP contribution in [0.5, 0.6) is 0 Å². The van der Waals surface area contributed by atoms with Gasteiger partial charge in [0.2, 0.25) is 0 Å². The smallest absolute Gasteiger partial charge is 0.355 e.